The van der Waals surface area contributed by atoms with Gasteiger partial charge in [-0.05, 0) is 48.9 Å². The van der Waals surface area contributed by atoms with E-state index in [2.05, 4.69) is 4.72 Å². The fourth-order valence-electron chi connectivity index (χ4n) is 3.11. The van der Waals surface area contributed by atoms with Gasteiger partial charge in [-0.25, -0.2) is 12.8 Å². The number of amides is 1. The van der Waals surface area contributed by atoms with Gasteiger partial charge in [0.05, 0.1) is 22.0 Å². The Kier molecular flexibility index (Phi) is 4.62. The molecule has 0 saturated heterocycles. The smallest absolute Gasteiger partial charge is 0.261 e. The zero-order valence-electron chi connectivity index (χ0n) is 14.7. The van der Waals surface area contributed by atoms with E-state index in [1.165, 1.54) is 12.1 Å². The van der Waals surface area contributed by atoms with Crippen LogP contribution in [0.3, 0.4) is 0 Å². The molecule has 6 nitrogen and oxygen atoms in total. The van der Waals surface area contributed by atoms with Crippen LogP contribution in [0.15, 0.2) is 47.4 Å². The second-order valence-corrected chi connectivity index (χ2v) is 7.88. The van der Waals surface area contributed by atoms with E-state index in [9.17, 15) is 17.6 Å². The van der Waals surface area contributed by atoms with Gasteiger partial charge in [-0.3, -0.25) is 9.52 Å². The first-order valence-corrected chi connectivity index (χ1v) is 9.65. The standard InChI is InChI=1S/C18H20FN3O3S/c1-4-15-18(23)22(3)16-10-7-13(11-17(16)21(15)2)20-26(24,25)14-8-5-12(19)6-9-14/h5-11,15,20H,4H2,1-3H3/t15-/m1/s1. The van der Waals surface area contributed by atoms with Crippen molar-refractivity contribution in [2.45, 2.75) is 24.3 Å². The van der Waals surface area contributed by atoms with Crippen LogP contribution >= 0.6 is 0 Å². The van der Waals surface area contributed by atoms with Crippen LogP contribution in [-0.2, 0) is 14.8 Å². The highest BCUT2D eigenvalue weighted by atomic mass is 32.2. The molecule has 0 aliphatic carbocycles. The molecule has 26 heavy (non-hydrogen) atoms. The van der Waals surface area contributed by atoms with Crippen LogP contribution in [-0.4, -0.2) is 34.5 Å². The molecule has 2 aromatic rings. The SMILES string of the molecule is CC[C@@H]1C(=O)N(C)c2ccc(NS(=O)(=O)c3ccc(F)cc3)cc2N1C. The largest absolute Gasteiger partial charge is 0.361 e. The number of hydrogen-bond donors (Lipinski definition) is 1. The average Bonchev–Trinajstić information content (AvgIpc) is 2.60. The van der Waals surface area contributed by atoms with Crippen molar-refractivity contribution >= 4 is 33.0 Å². The Hall–Kier alpha value is -2.61. The predicted molar refractivity (Wildman–Crippen MR) is 99.5 cm³/mol. The lowest BCUT2D eigenvalue weighted by Gasteiger charge is -2.39. The normalized spacial score (nSPS) is 17.2. The molecule has 1 aliphatic rings. The maximum absolute atomic E-state index is 13.0. The first-order valence-electron chi connectivity index (χ1n) is 8.17. The minimum absolute atomic E-state index is 0.00198. The van der Waals surface area contributed by atoms with E-state index in [0.29, 0.717) is 17.8 Å². The molecule has 0 saturated carbocycles. The van der Waals surface area contributed by atoms with Crippen LogP contribution in [0, 0.1) is 5.82 Å². The van der Waals surface area contributed by atoms with Gasteiger partial charge in [0.25, 0.3) is 10.0 Å². The van der Waals surface area contributed by atoms with E-state index in [1.807, 2.05) is 18.9 Å². The van der Waals surface area contributed by atoms with Crippen molar-refractivity contribution in [3.05, 3.63) is 48.3 Å². The molecule has 0 fully saturated rings. The number of likely N-dealkylation sites (N-methyl/N-ethyl adjacent to an activating group) is 2. The van der Waals surface area contributed by atoms with Crippen LogP contribution in [0.2, 0.25) is 0 Å². The summed E-state index contributed by atoms with van der Waals surface area (Å²) in [5, 5.41) is 0. The molecule has 0 bridgehead atoms. The fourth-order valence-corrected chi connectivity index (χ4v) is 4.15. The third-order valence-electron chi connectivity index (χ3n) is 4.56. The van der Waals surface area contributed by atoms with Crippen LogP contribution in [0.5, 0.6) is 0 Å². The molecular formula is C18H20FN3O3S. The molecule has 8 heteroatoms. The highest BCUT2D eigenvalue weighted by Gasteiger charge is 2.33. The molecule has 0 spiro atoms. The summed E-state index contributed by atoms with van der Waals surface area (Å²) in [6.07, 6.45) is 0.643. The molecule has 1 amide bonds. The Labute approximate surface area is 152 Å². The summed E-state index contributed by atoms with van der Waals surface area (Å²) < 4.78 is 40.5. The lowest BCUT2D eigenvalue weighted by atomic mass is 10.1. The molecule has 1 heterocycles. The summed E-state index contributed by atoms with van der Waals surface area (Å²) in [5.74, 6) is -0.500. The third-order valence-corrected chi connectivity index (χ3v) is 5.96. The number of carbonyl (C=O) groups is 1. The molecule has 2 aromatic carbocycles. The monoisotopic (exact) mass is 377 g/mol. The average molecular weight is 377 g/mol. The number of halogens is 1. The Morgan fingerprint density at radius 1 is 1.08 bits per heavy atom. The maximum atomic E-state index is 13.0. The topological polar surface area (TPSA) is 69.7 Å². The summed E-state index contributed by atoms with van der Waals surface area (Å²) in [4.78, 5) is 15.8. The Morgan fingerprint density at radius 2 is 1.73 bits per heavy atom. The van der Waals surface area contributed by atoms with Crippen molar-refractivity contribution in [2.75, 3.05) is 28.6 Å². The summed E-state index contributed by atoms with van der Waals surface area (Å²) >= 11 is 0. The highest BCUT2D eigenvalue weighted by molar-refractivity contribution is 7.92. The van der Waals surface area contributed by atoms with Crippen molar-refractivity contribution in [3.63, 3.8) is 0 Å². The van der Waals surface area contributed by atoms with Gasteiger partial charge in [-0.1, -0.05) is 6.92 Å². The zero-order valence-corrected chi connectivity index (χ0v) is 15.5. The van der Waals surface area contributed by atoms with Gasteiger partial charge in [-0.2, -0.15) is 0 Å². The van der Waals surface area contributed by atoms with Crippen molar-refractivity contribution in [1.82, 2.24) is 0 Å². The second-order valence-electron chi connectivity index (χ2n) is 6.20. The number of nitrogens with one attached hydrogen (secondary N) is 1. The fraction of sp³-hybridized carbons (Fsp3) is 0.278. The van der Waals surface area contributed by atoms with Crippen LogP contribution in [0.25, 0.3) is 0 Å². The van der Waals surface area contributed by atoms with Gasteiger partial charge in [-0.15, -0.1) is 0 Å². The minimum atomic E-state index is -3.83. The number of carbonyl (C=O) groups excluding carboxylic acids is 1. The third kappa shape index (κ3) is 3.12. The summed E-state index contributed by atoms with van der Waals surface area (Å²) in [6, 6.07) is 9.33. The highest BCUT2D eigenvalue weighted by Crippen LogP contribution is 2.37. The maximum Gasteiger partial charge on any atom is 0.261 e. The number of anilines is 3. The van der Waals surface area contributed by atoms with E-state index in [0.717, 1.165) is 17.8 Å². The predicted octanol–water partition coefficient (Wildman–Crippen LogP) is 2.82. The second kappa shape index (κ2) is 6.60. The summed E-state index contributed by atoms with van der Waals surface area (Å²) in [5.41, 5.74) is 1.85. The number of fused-ring (bicyclic) bond motifs is 1. The van der Waals surface area contributed by atoms with Crippen molar-refractivity contribution in [1.29, 1.82) is 0 Å². The lowest BCUT2D eigenvalue weighted by Crippen LogP contribution is -2.50. The lowest BCUT2D eigenvalue weighted by molar-refractivity contribution is -0.119. The van der Waals surface area contributed by atoms with E-state index in [1.54, 1.807) is 30.1 Å². The molecule has 0 radical (unpaired) electrons. The number of hydrogen-bond acceptors (Lipinski definition) is 4. The van der Waals surface area contributed by atoms with Gasteiger partial charge < -0.3 is 9.80 Å². The van der Waals surface area contributed by atoms with Crippen molar-refractivity contribution < 1.29 is 17.6 Å². The van der Waals surface area contributed by atoms with Gasteiger partial charge >= 0.3 is 0 Å². The molecule has 3 rings (SSSR count). The van der Waals surface area contributed by atoms with E-state index in [-0.39, 0.29) is 16.8 Å². The number of benzene rings is 2. The Balaban J connectivity index is 1.95. The van der Waals surface area contributed by atoms with Crippen molar-refractivity contribution in [3.8, 4) is 0 Å². The number of nitrogens with zero attached hydrogens (tertiary/aromatic N) is 2. The first-order chi connectivity index (χ1) is 12.2. The molecule has 0 aromatic heterocycles. The van der Waals surface area contributed by atoms with Crippen LogP contribution in [0.1, 0.15) is 13.3 Å². The van der Waals surface area contributed by atoms with Gasteiger partial charge in [0.15, 0.2) is 0 Å². The van der Waals surface area contributed by atoms with Crippen LogP contribution < -0.4 is 14.5 Å². The van der Waals surface area contributed by atoms with Crippen LogP contribution in [0.4, 0.5) is 21.5 Å². The molecular weight excluding hydrogens is 357 g/mol. The Morgan fingerprint density at radius 3 is 2.35 bits per heavy atom. The molecule has 1 atom stereocenters. The summed E-state index contributed by atoms with van der Waals surface area (Å²) in [7, 11) is -0.310. The molecule has 0 unspecified atom stereocenters. The summed E-state index contributed by atoms with van der Waals surface area (Å²) in [6.45, 7) is 1.93. The molecule has 138 valence electrons. The Bertz CT molecular complexity index is 945. The van der Waals surface area contributed by atoms with Gasteiger partial charge in [0, 0.05) is 14.1 Å². The van der Waals surface area contributed by atoms with Gasteiger partial charge in [0.2, 0.25) is 5.91 Å². The quantitative estimate of drug-likeness (QED) is 0.890. The minimum Gasteiger partial charge on any atom is -0.361 e. The van der Waals surface area contributed by atoms with Crippen molar-refractivity contribution in [2.24, 2.45) is 0 Å². The molecule has 1 aliphatic heterocycles. The van der Waals surface area contributed by atoms with Gasteiger partial charge in [0.1, 0.15) is 11.9 Å². The number of rotatable bonds is 4. The van der Waals surface area contributed by atoms with E-state index >= 15 is 0 Å². The first kappa shape index (κ1) is 18.2. The zero-order chi connectivity index (χ0) is 19.1. The molecule has 1 N–H and O–H groups in total. The van der Waals surface area contributed by atoms with E-state index < -0.39 is 15.8 Å². The number of sulfonamides is 1. The van der Waals surface area contributed by atoms with E-state index in [4.69, 9.17) is 0 Å².